The van der Waals surface area contributed by atoms with Gasteiger partial charge in [-0.1, -0.05) is 42.1 Å². The molecule has 0 saturated carbocycles. The molecule has 216 valence electrons. The molecule has 0 aliphatic heterocycles. The summed E-state index contributed by atoms with van der Waals surface area (Å²) in [4.78, 5) is 33.6. The number of aromatic nitrogens is 3. The van der Waals surface area contributed by atoms with Crippen LogP contribution in [0.4, 0.5) is 5.69 Å². The molecule has 1 N–H and O–H groups in total. The van der Waals surface area contributed by atoms with Crippen LogP contribution in [0.25, 0.3) is 27.6 Å². The van der Waals surface area contributed by atoms with Gasteiger partial charge in [-0.3, -0.25) is 19.3 Å². The summed E-state index contributed by atoms with van der Waals surface area (Å²) in [6.07, 6.45) is 0.628. The zero-order valence-corrected chi connectivity index (χ0v) is 24.3. The van der Waals surface area contributed by atoms with Gasteiger partial charge in [0.25, 0.3) is 11.6 Å². The average Bonchev–Trinajstić information content (AvgIpc) is 3.43. The number of amides is 1. The number of nitro benzene ring substituents is 1. The van der Waals surface area contributed by atoms with Crippen molar-refractivity contribution < 1.29 is 19.2 Å². The van der Waals surface area contributed by atoms with E-state index in [4.69, 9.17) is 19.4 Å². The monoisotopic (exact) mass is 593 g/mol. The van der Waals surface area contributed by atoms with Crippen molar-refractivity contribution in [2.45, 2.75) is 17.3 Å². The van der Waals surface area contributed by atoms with Gasteiger partial charge in [0.2, 0.25) is 0 Å². The van der Waals surface area contributed by atoms with Crippen LogP contribution in [-0.2, 0) is 12.2 Å². The van der Waals surface area contributed by atoms with E-state index in [1.165, 1.54) is 23.9 Å². The molecule has 43 heavy (non-hydrogen) atoms. The molecular formula is C32H27N5O5S. The fourth-order valence-corrected chi connectivity index (χ4v) is 5.89. The third-order valence-electron chi connectivity index (χ3n) is 7.13. The van der Waals surface area contributed by atoms with Gasteiger partial charge in [0, 0.05) is 35.4 Å². The molecule has 0 unspecified atom stereocenters. The van der Waals surface area contributed by atoms with E-state index in [2.05, 4.69) is 5.32 Å². The largest absolute Gasteiger partial charge is 0.493 e. The van der Waals surface area contributed by atoms with E-state index in [0.717, 1.165) is 33.2 Å². The smallest absolute Gasteiger partial charge is 0.269 e. The minimum Gasteiger partial charge on any atom is -0.493 e. The second-order valence-corrected chi connectivity index (χ2v) is 10.7. The molecule has 1 amide bonds. The van der Waals surface area contributed by atoms with Gasteiger partial charge in [-0.25, -0.2) is 9.97 Å². The lowest BCUT2D eigenvalue weighted by atomic mass is 10.1. The maximum atomic E-state index is 13.1. The van der Waals surface area contributed by atoms with Crippen LogP contribution < -0.4 is 14.8 Å². The summed E-state index contributed by atoms with van der Waals surface area (Å²) in [5.41, 5.74) is 5.66. The molecule has 4 aromatic carbocycles. The van der Waals surface area contributed by atoms with Gasteiger partial charge in [-0.2, -0.15) is 0 Å². The first-order valence-corrected chi connectivity index (χ1v) is 14.5. The Morgan fingerprint density at radius 2 is 1.67 bits per heavy atom. The molecule has 11 heteroatoms. The zero-order valence-electron chi connectivity index (χ0n) is 23.4. The zero-order chi connectivity index (χ0) is 29.9. The van der Waals surface area contributed by atoms with E-state index in [1.54, 1.807) is 38.5 Å². The van der Waals surface area contributed by atoms with Gasteiger partial charge in [0.1, 0.15) is 5.65 Å². The molecule has 10 nitrogen and oxygen atoms in total. The Kier molecular flexibility index (Phi) is 7.80. The third kappa shape index (κ3) is 5.67. The van der Waals surface area contributed by atoms with E-state index in [1.807, 2.05) is 52.9 Å². The van der Waals surface area contributed by atoms with Crippen molar-refractivity contribution in [2.75, 3.05) is 20.8 Å². The maximum absolute atomic E-state index is 13.1. The number of fused-ring (bicyclic) bond motifs is 5. The van der Waals surface area contributed by atoms with Crippen molar-refractivity contribution >= 4 is 50.9 Å². The normalized spacial score (nSPS) is 11.2. The van der Waals surface area contributed by atoms with Crippen LogP contribution in [0.1, 0.15) is 21.5 Å². The van der Waals surface area contributed by atoms with Crippen LogP contribution in [0.3, 0.4) is 0 Å². The Hall–Kier alpha value is -5.16. The number of methoxy groups -OCH3 is 2. The number of ether oxygens (including phenoxy) is 2. The van der Waals surface area contributed by atoms with Crippen molar-refractivity contribution in [1.82, 2.24) is 19.7 Å². The van der Waals surface area contributed by atoms with Crippen LogP contribution in [-0.4, -0.2) is 46.0 Å². The number of nitro groups is 1. The summed E-state index contributed by atoms with van der Waals surface area (Å²) in [5, 5.41) is 15.6. The van der Waals surface area contributed by atoms with E-state index < -0.39 is 4.92 Å². The number of hydrogen-bond acceptors (Lipinski definition) is 8. The number of carbonyl (C=O) groups excluding carboxylic acids is 1. The summed E-state index contributed by atoms with van der Waals surface area (Å²) < 4.78 is 12.7. The Bertz CT molecular complexity index is 1990. The summed E-state index contributed by atoms with van der Waals surface area (Å²) in [6.45, 7) is 0.445. The molecule has 0 atom stereocenters. The highest BCUT2D eigenvalue weighted by Gasteiger charge is 2.17. The highest BCUT2D eigenvalue weighted by molar-refractivity contribution is 7.98. The molecule has 0 spiro atoms. The van der Waals surface area contributed by atoms with Crippen LogP contribution >= 0.6 is 11.8 Å². The van der Waals surface area contributed by atoms with Gasteiger partial charge in [-0.05, 0) is 60.0 Å². The van der Waals surface area contributed by atoms with E-state index in [-0.39, 0.29) is 11.6 Å². The van der Waals surface area contributed by atoms with Crippen molar-refractivity contribution in [1.29, 1.82) is 0 Å². The number of thioether (sulfide) groups is 1. The number of para-hydroxylation sites is 2. The van der Waals surface area contributed by atoms with Gasteiger partial charge < -0.3 is 14.8 Å². The molecule has 2 aromatic heterocycles. The molecule has 0 aliphatic carbocycles. The first kappa shape index (κ1) is 28.0. The van der Waals surface area contributed by atoms with Crippen molar-refractivity contribution in [3.05, 3.63) is 112 Å². The Labute approximate surface area is 250 Å². The quantitative estimate of drug-likeness (QED) is 0.0859. The number of carbonyl (C=O) groups is 1. The topological polar surface area (TPSA) is 121 Å². The minimum absolute atomic E-state index is 0.0510. The molecule has 0 aliphatic rings. The number of imidazole rings is 1. The first-order valence-electron chi connectivity index (χ1n) is 13.5. The number of nitrogens with zero attached hydrogens (tertiary/aromatic N) is 4. The molecule has 0 radical (unpaired) electrons. The number of nitrogens with one attached hydrogen (secondary N) is 1. The predicted molar refractivity (Wildman–Crippen MR) is 166 cm³/mol. The lowest BCUT2D eigenvalue weighted by molar-refractivity contribution is -0.384. The van der Waals surface area contributed by atoms with Gasteiger partial charge in [0.05, 0.1) is 35.7 Å². The predicted octanol–water partition coefficient (Wildman–Crippen LogP) is 6.23. The van der Waals surface area contributed by atoms with Crippen LogP contribution in [0, 0.1) is 10.1 Å². The number of benzene rings is 4. The van der Waals surface area contributed by atoms with Crippen LogP contribution in [0.15, 0.2) is 90.1 Å². The van der Waals surface area contributed by atoms with Crippen LogP contribution in [0.2, 0.25) is 0 Å². The Morgan fingerprint density at radius 1 is 0.907 bits per heavy atom. The van der Waals surface area contributed by atoms with Gasteiger partial charge in [0.15, 0.2) is 16.7 Å². The van der Waals surface area contributed by atoms with E-state index in [9.17, 15) is 14.9 Å². The van der Waals surface area contributed by atoms with Gasteiger partial charge in [-0.15, -0.1) is 0 Å². The molecule has 6 aromatic rings. The second-order valence-electron chi connectivity index (χ2n) is 9.79. The van der Waals surface area contributed by atoms with Crippen molar-refractivity contribution in [3.63, 3.8) is 0 Å². The molecule has 0 fully saturated rings. The number of hydrogen-bond donors (Lipinski definition) is 1. The fourth-order valence-electron chi connectivity index (χ4n) is 4.92. The fraction of sp³-hybridized carbons (Fsp3) is 0.156. The summed E-state index contributed by atoms with van der Waals surface area (Å²) >= 11 is 1.51. The highest BCUT2D eigenvalue weighted by Crippen LogP contribution is 2.31. The Balaban J connectivity index is 1.27. The van der Waals surface area contributed by atoms with Crippen molar-refractivity contribution in [2.24, 2.45) is 0 Å². The van der Waals surface area contributed by atoms with Crippen molar-refractivity contribution in [3.8, 4) is 11.5 Å². The number of rotatable bonds is 10. The standard InChI is InChI=1S/C32H27N5O5S/c1-41-28-14-9-20(17-29(28)42-2)15-16-33-31(38)22-10-13-24-26(18-22)35-32(36-27-6-4-3-5-25(27)34-30(24)36)43-19-21-7-11-23(12-8-21)37(39)40/h3-14,17-18H,15-16,19H2,1-2H3,(H,33,38). The molecular weight excluding hydrogens is 566 g/mol. The van der Waals surface area contributed by atoms with Crippen LogP contribution in [0.5, 0.6) is 11.5 Å². The lowest BCUT2D eigenvalue weighted by Crippen LogP contribution is -2.25. The number of non-ortho nitro benzene ring substituents is 1. The third-order valence-corrected chi connectivity index (χ3v) is 8.14. The molecule has 2 heterocycles. The Morgan fingerprint density at radius 3 is 2.44 bits per heavy atom. The highest BCUT2D eigenvalue weighted by atomic mass is 32.2. The summed E-state index contributed by atoms with van der Waals surface area (Å²) in [6, 6.07) is 25.5. The molecule has 0 bridgehead atoms. The van der Waals surface area contributed by atoms with E-state index >= 15 is 0 Å². The molecule has 0 saturated heterocycles. The summed E-state index contributed by atoms with van der Waals surface area (Å²) in [5.74, 6) is 1.66. The maximum Gasteiger partial charge on any atom is 0.269 e. The van der Waals surface area contributed by atoms with Gasteiger partial charge >= 0.3 is 0 Å². The lowest BCUT2D eigenvalue weighted by Gasteiger charge is -2.11. The second kappa shape index (κ2) is 12.0. The summed E-state index contributed by atoms with van der Waals surface area (Å²) in [7, 11) is 3.19. The average molecular weight is 594 g/mol. The first-order chi connectivity index (χ1) is 20.9. The van der Waals surface area contributed by atoms with E-state index in [0.29, 0.717) is 46.5 Å². The SMILES string of the molecule is COc1ccc(CCNC(=O)c2ccc3c(c2)nc(SCc2ccc([N+](=O)[O-])cc2)n2c4ccccc4nc32)cc1OC. The molecule has 6 rings (SSSR count). The minimum atomic E-state index is -0.410.